The second-order valence-corrected chi connectivity index (χ2v) is 6.31. The summed E-state index contributed by atoms with van der Waals surface area (Å²) in [6.07, 6.45) is 4.76. The van der Waals surface area contributed by atoms with Crippen molar-refractivity contribution in [1.29, 1.82) is 0 Å². The van der Waals surface area contributed by atoms with Crippen LogP contribution >= 0.6 is 23.6 Å². The van der Waals surface area contributed by atoms with Gasteiger partial charge in [-0.05, 0) is 12.8 Å². The Morgan fingerprint density at radius 2 is 2.21 bits per heavy atom. The fraction of sp³-hybridized carbons (Fsp3) is 0.615. The van der Waals surface area contributed by atoms with Gasteiger partial charge in [0.1, 0.15) is 0 Å². The molecular weight excluding hydrogens is 278 g/mol. The lowest BCUT2D eigenvalue weighted by Crippen LogP contribution is -2.50. The number of thiazole rings is 1. The van der Waals surface area contributed by atoms with Gasteiger partial charge in [-0.1, -0.05) is 31.5 Å². The highest BCUT2D eigenvalue weighted by molar-refractivity contribution is 7.80. The standard InChI is InChI=1S/C13H19N3OS2/c1-16(7-10-8-19-9-15-10)12(17)13(11(14)18)5-3-2-4-6-13/h8-9H,2-7H2,1H3,(H2,14,18). The molecule has 1 fully saturated rings. The summed E-state index contributed by atoms with van der Waals surface area (Å²) in [7, 11) is 1.80. The predicted octanol–water partition coefficient (Wildman–Crippen LogP) is 2.34. The van der Waals surface area contributed by atoms with E-state index in [0.29, 0.717) is 11.5 Å². The van der Waals surface area contributed by atoms with E-state index in [2.05, 4.69) is 4.98 Å². The molecule has 104 valence electrons. The third-order valence-corrected chi connectivity index (χ3v) is 4.84. The van der Waals surface area contributed by atoms with Gasteiger partial charge in [0.05, 0.1) is 28.2 Å². The molecule has 2 N–H and O–H groups in total. The van der Waals surface area contributed by atoms with Crippen LogP contribution in [-0.4, -0.2) is 27.8 Å². The normalized spacial score (nSPS) is 17.9. The van der Waals surface area contributed by atoms with Crippen molar-refractivity contribution in [2.75, 3.05) is 7.05 Å². The van der Waals surface area contributed by atoms with E-state index in [-0.39, 0.29) is 5.91 Å². The zero-order valence-electron chi connectivity index (χ0n) is 11.1. The van der Waals surface area contributed by atoms with Crippen molar-refractivity contribution in [3.8, 4) is 0 Å². The van der Waals surface area contributed by atoms with Crippen LogP contribution in [0.2, 0.25) is 0 Å². The zero-order valence-corrected chi connectivity index (χ0v) is 12.7. The van der Waals surface area contributed by atoms with Gasteiger partial charge in [-0.15, -0.1) is 11.3 Å². The third-order valence-electron chi connectivity index (χ3n) is 3.82. The average Bonchev–Trinajstić information content (AvgIpc) is 2.91. The Bertz CT molecular complexity index is 452. The Kier molecular flexibility index (Phi) is 4.52. The predicted molar refractivity (Wildman–Crippen MR) is 80.9 cm³/mol. The van der Waals surface area contributed by atoms with Crippen LogP contribution in [0.5, 0.6) is 0 Å². The van der Waals surface area contributed by atoms with Gasteiger partial charge in [0.15, 0.2) is 0 Å². The molecule has 6 heteroatoms. The maximum Gasteiger partial charge on any atom is 0.235 e. The molecule has 1 saturated carbocycles. The monoisotopic (exact) mass is 297 g/mol. The Morgan fingerprint density at radius 3 is 2.74 bits per heavy atom. The number of nitrogens with zero attached hydrogens (tertiary/aromatic N) is 2. The van der Waals surface area contributed by atoms with E-state index in [1.54, 1.807) is 17.5 Å². The first-order valence-corrected chi connectivity index (χ1v) is 7.84. The third kappa shape index (κ3) is 2.95. The van der Waals surface area contributed by atoms with Gasteiger partial charge in [-0.3, -0.25) is 4.79 Å². The summed E-state index contributed by atoms with van der Waals surface area (Å²) in [4.78, 5) is 19.0. The molecular formula is C13H19N3OS2. The van der Waals surface area contributed by atoms with Gasteiger partial charge in [-0.2, -0.15) is 0 Å². The Hall–Kier alpha value is -1.01. The van der Waals surface area contributed by atoms with E-state index in [9.17, 15) is 4.79 Å². The summed E-state index contributed by atoms with van der Waals surface area (Å²) in [5, 5.41) is 1.96. The van der Waals surface area contributed by atoms with Crippen LogP contribution in [-0.2, 0) is 11.3 Å². The van der Waals surface area contributed by atoms with Gasteiger partial charge in [0.2, 0.25) is 5.91 Å². The SMILES string of the molecule is CN(Cc1cscn1)C(=O)C1(C(N)=S)CCCCC1. The second-order valence-electron chi connectivity index (χ2n) is 5.15. The largest absolute Gasteiger partial charge is 0.392 e. The Balaban J connectivity index is 2.13. The fourth-order valence-electron chi connectivity index (χ4n) is 2.72. The summed E-state index contributed by atoms with van der Waals surface area (Å²) >= 11 is 6.72. The smallest absolute Gasteiger partial charge is 0.235 e. The topological polar surface area (TPSA) is 59.2 Å². The summed E-state index contributed by atoms with van der Waals surface area (Å²) in [5.41, 5.74) is 7.95. The first-order chi connectivity index (χ1) is 9.06. The molecule has 1 aromatic heterocycles. The minimum atomic E-state index is -0.627. The Morgan fingerprint density at radius 1 is 1.53 bits per heavy atom. The quantitative estimate of drug-likeness (QED) is 0.867. The summed E-state index contributed by atoms with van der Waals surface area (Å²) in [6.45, 7) is 0.521. The molecule has 0 atom stereocenters. The Labute approximate surface area is 123 Å². The minimum absolute atomic E-state index is 0.0488. The first-order valence-electron chi connectivity index (χ1n) is 6.49. The maximum absolute atomic E-state index is 12.7. The van der Waals surface area contributed by atoms with Crippen LogP contribution in [0.1, 0.15) is 37.8 Å². The van der Waals surface area contributed by atoms with Crippen molar-refractivity contribution in [2.45, 2.75) is 38.6 Å². The number of aromatic nitrogens is 1. The molecule has 0 unspecified atom stereocenters. The first kappa shape index (κ1) is 14.4. The summed E-state index contributed by atoms with van der Waals surface area (Å²) in [5.74, 6) is 0.0488. The molecule has 0 aromatic carbocycles. The molecule has 1 aromatic rings. The van der Waals surface area contributed by atoms with E-state index >= 15 is 0 Å². The molecule has 1 aliphatic rings. The van der Waals surface area contributed by atoms with E-state index < -0.39 is 5.41 Å². The molecule has 2 rings (SSSR count). The molecule has 19 heavy (non-hydrogen) atoms. The number of carbonyl (C=O) groups excluding carboxylic acids is 1. The van der Waals surface area contributed by atoms with Crippen molar-refractivity contribution in [1.82, 2.24) is 9.88 Å². The molecule has 4 nitrogen and oxygen atoms in total. The number of hydrogen-bond donors (Lipinski definition) is 1. The number of nitrogens with two attached hydrogens (primary N) is 1. The van der Waals surface area contributed by atoms with Crippen LogP contribution in [0.25, 0.3) is 0 Å². The molecule has 1 aliphatic carbocycles. The van der Waals surface area contributed by atoms with Gasteiger partial charge >= 0.3 is 0 Å². The molecule has 0 spiro atoms. The van der Waals surface area contributed by atoms with Gasteiger partial charge in [0, 0.05) is 12.4 Å². The van der Waals surface area contributed by atoms with Gasteiger partial charge in [0.25, 0.3) is 0 Å². The number of rotatable bonds is 4. The van der Waals surface area contributed by atoms with E-state index in [1.807, 2.05) is 5.38 Å². The summed E-state index contributed by atoms with van der Waals surface area (Å²) < 4.78 is 0. The van der Waals surface area contributed by atoms with Crippen molar-refractivity contribution < 1.29 is 4.79 Å². The van der Waals surface area contributed by atoms with Crippen molar-refractivity contribution in [3.05, 3.63) is 16.6 Å². The molecule has 0 saturated heterocycles. The highest BCUT2D eigenvalue weighted by Crippen LogP contribution is 2.38. The number of hydrogen-bond acceptors (Lipinski definition) is 4. The van der Waals surface area contributed by atoms with Gasteiger partial charge in [-0.25, -0.2) is 4.98 Å². The maximum atomic E-state index is 12.7. The van der Waals surface area contributed by atoms with E-state index in [4.69, 9.17) is 18.0 Å². The van der Waals surface area contributed by atoms with Gasteiger partial charge < -0.3 is 10.6 Å². The van der Waals surface area contributed by atoms with Crippen LogP contribution in [0.15, 0.2) is 10.9 Å². The van der Waals surface area contributed by atoms with E-state index in [1.165, 1.54) is 11.3 Å². The van der Waals surface area contributed by atoms with Crippen LogP contribution in [0.4, 0.5) is 0 Å². The average molecular weight is 297 g/mol. The van der Waals surface area contributed by atoms with Crippen molar-refractivity contribution >= 4 is 34.5 Å². The fourth-order valence-corrected chi connectivity index (χ4v) is 3.56. The molecule has 0 bridgehead atoms. The lowest BCUT2D eigenvalue weighted by atomic mass is 9.73. The highest BCUT2D eigenvalue weighted by atomic mass is 32.1. The number of amides is 1. The zero-order chi connectivity index (χ0) is 13.9. The summed E-state index contributed by atoms with van der Waals surface area (Å²) in [6, 6.07) is 0. The highest BCUT2D eigenvalue weighted by Gasteiger charge is 2.43. The minimum Gasteiger partial charge on any atom is -0.392 e. The molecule has 1 heterocycles. The van der Waals surface area contributed by atoms with Crippen LogP contribution < -0.4 is 5.73 Å². The molecule has 0 aliphatic heterocycles. The van der Waals surface area contributed by atoms with Crippen LogP contribution in [0, 0.1) is 5.41 Å². The van der Waals surface area contributed by atoms with Crippen LogP contribution in [0.3, 0.4) is 0 Å². The lowest BCUT2D eigenvalue weighted by Gasteiger charge is -2.37. The van der Waals surface area contributed by atoms with Crippen molar-refractivity contribution in [3.63, 3.8) is 0 Å². The molecule has 1 amide bonds. The number of carbonyl (C=O) groups is 1. The lowest BCUT2D eigenvalue weighted by molar-refractivity contribution is -0.139. The molecule has 0 radical (unpaired) electrons. The number of thiocarbonyl (C=S) groups is 1. The van der Waals surface area contributed by atoms with E-state index in [0.717, 1.165) is 37.8 Å². The van der Waals surface area contributed by atoms with Crippen molar-refractivity contribution in [2.24, 2.45) is 11.1 Å². The second kappa shape index (κ2) is 5.96.